The van der Waals surface area contributed by atoms with E-state index in [1.165, 1.54) is 12.1 Å². The highest BCUT2D eigenvalue weighted by molar-refractivity contribution is 7.91. The fourth-order valence-electron chi connectivity index (χ4n) is 2.77. The predicted octanol–water partition coefficient (Wildman–Crippen LogP) is 3.08. The normalized spacial score (nSPS) is 17.5. The van der Waals surface area contributed by atoms with Gasteiger partial charge in [0.1, 0.15) is 5.76 Å². The predicted molar refractivity (Wildman–Crippen MR) is 81.5 cm³/mol. The Hall–Kier alpha value is -2.22. The number of halogens is 2. The van der Waals surface area contributed by atoms with Crippen LogP contribution in [-0.4, -0.2) is 20.1 Å². The van der Waals surface area contributed by atoms with E-state index < -0.39 is 26.4 Å². The summed E-state index contributed by atoms with van der Waals surface area (Å²) >= 11 is 0. The molecule has 1 aromatic carbocycles. The third-order valence-electron chi connectivity index (χ3n) is 4.02. The van der Waals surface area contributed by atoms with Crippen LogP contribution in [0.3, 0.4) is 0 Å². The van der Waals surface area contributed by atoms with Gasteiger partial charge in [-0.1, -0.05) is 0 Å². The third-order valence-corrected chi connectivity index (χ3v) is 5.42. The Morgan fingerprint density at radius 3 is 2.58 bits per heavy atom. The smallest absolute Gasteiger partial charge is 0.341 e. The summed E-state index contributed by atoms with van der Waals surface area (Å²) in [5.41, 5.74) is 1.26. The molecule has 0 spiro atoms. The van der Waals surface area contributed by atoms with Gasteiger partial charge in [-0.05, 0) is 55.2 Å². The van der Waals surface area contributed by atoms with Gasteiger partial charge in [0.2, 0.25) is 9.84 Å². The molecule has 8 heteroatoms. The summed E-state index contributed by atoms with van der Waals surface area (Å²) in [5, 5.41) is 2.83. The van der Waals surface area contributed by atoms with Gasteiger partial charge in [-0.25, -0.2) is 8.42 Å². The van der Waals surface area contributed by atoms with Gasteiger partial charge < -0.3 is 9.73 Å². The summed E-state index contributed by atoms with van der Waals surface area (Å²) in [5.74, 6) is -3.17. The summed E-state index contributed by atoms with van der Waals surface area (Å²) < 4.78 is 53.2. The first kappa shape index (κ1) is 16.6. The summed E-state index contributed by atoms with van der Waals surface area (Å²) in [6.45, 7) is 0. The molecule has 1 heterocycles. The molecule has 0 fully saturated rings. The van der Waals surface area contributed by atoms with Crippen molar-refractivity contribution in [2.75, 3.05) is 0 Å². The number of benzene rings is 1. The number of carbonyl (C=O) groups is 1. The fourth-order valence-corrected chi connectivity index (χ4v) is 3.49. The Labute approximate surface area is 137 Å². The minimum Gasteiger partial charge on any atom is -0.467 e. The van der Waals surface area contributed by atoms with E-state index >= 15 is 0 Å². The average Bonchev–Trinajstić information content (AvgIpc) is 3.04. The Kier molecular flexibility index (Phi) is 4.40. The van der Waals surface area contributed by atoms with E-state index in [1.807, 2.05) is 6.07 Å². The molecule has 1 aromatic heterocycles. The van der Waals surface area contributed by atoms with E-state index in [0.717, 1.165) is 42.7 Å². The highest BCUT2D eigenvalue weighted by atomic mass is 32.2. The number of furan rings is 1. The number of carbonyl (C=O) groups excluding carboxylic acids is 1. The van der Waals surface area contributed by atoms with Gasteiger partial charge in [0, 0.05) is 5.56 Å². The number of sulfone groups is 1. The molecular formula is C16H15F2NO4S. The second-order valence-electron chi connectivity index (χ2n) is 5.56. The zero-order valence-electron chi connectivity index (χ0n) is 12.5. The van der Waals surface area contributed by atoms with Crippen LogP contribution in [0, 0.1) is 0 Å². The molecule has 1 N–H and O–H groups in total. The van der Waals surface area contributed by atoms with Crippen LogP contribution in [-0.2, 0) is 16.3 Å². The first-order valence-electron chi connectivity index (χ1n) is 7.39. The minimum absolute atomic E-state index is 0.196. The second kappa shape index (κ2) is 6.35. The molecule has 1 aliphatic rings. The van der Waals surface area contributed by atoms with Gasteiger partial charge in [0.05, 0.1) is 17.2 Å². The summed E-state index contributed by atoms with van der Waals surface area (Å²) in [7, 11) is -4.66. The molecule has 2 aromatic rings. The van der Waals surface area contributed by atoms with E-state index in [2.05, 4.69) is 5.32 Å². The van der Waals surface area contributed by atoms with Crippen LogP contribution in [0.4, 0.5) is 8.78 Å². The van der Waals surface area contributed by atoms with Crippen LogP contribution >= 0.6 is 0 Å². The van der Waals surface area contributed by atoms with Crippen LogP contribution in [0.15, 0.2) is 45.9 Å². The number of alkyl halides is 2. The third kappa shape index (κ3) is 3.06. The zero-order valence-corrected chi connectivity index (χ0v) is 13.4. The quantitative estimate of drug-likeness (QED) is 0.914. The van der Waals surface area contributed by atoms with Crippen LogP contribution in [0.25, 0.3) is 0 Å². The number of rotatable bonds is 4. The first-order chi connectivity index (χ1) is 11.4. The Morgan fingerprint density at radius 2 is 1.92 bits per heavy atom. The van der Waals surface area contributed by atoms with Gasteiger partial charge in [0.15, 0.2) is 0 Å². The van der Waals surface area contributed by atoms with E-state index in [0.29, 0.717) is 0 Å². The second-order valence-corrected chi connectivity index (χ2v) is 7.48. The SMILES string of the molecule is O=C(NC1CCCc2ccoc21)c1ccc(S(=O)(=O)C(F)F)cc1. The maximum absolute atomic E-state index is 12.5. The monoisotopic (exact) mass is 355 g/mol. The summed E-state index contributed by atoms with van der Waals surface area (Å²) in [6.07, 6.45) is 4.14. The zero-order chi connectivity index (χ0) is 17.3. The van der Waals surface area contributed by atoms with Crippen LogP contribution < -0.4 is 5.32 Å². The van der Waals surface area contributed by atoms with Crippen molar-refractivity contribution in [1.82, 2.24) is 5.32 Å². The van der Waals surface area contributed by atoms with Crippen molar-refractivity contribution in [3.63, 3.8) is 0 Å². The van der Waals surface area contributed by atoms with E-state index in [4.69, 9.17) is 4.42 Å². The number of nitrogens with one attached hydrogen (secondary N) is 1. The molecule has 1 unspecified atom stereocenters. The highest BCUT2D eigenvalue weighted by Crippen LogP contribution is 2.30. The molecule has 1 amide bonds. The average molecular weight is 355 g/mol. The van der Waals surface area contributed by atoms with E-state index in [9.17, 15) is 22.0 Å². The molecule has 128 valence electrons. The van der Waals surface area contributed by atoms with E-state index in [1.54, 1.807) is 6.26 Å². The number of hydrogen-bond acceptors (Lipinski definition) is 4. The van der Waals surface area contributed by atoms with Gasteiger partial charge in [-0.15, -0.1) is 0 Å². The molecule has 1 atom stereocenters. The van der Waals surface area contributed by atoms with Crippen LogP contribution in [0.1, 0.15) is 40.6 Å². The Bertz CT molecular complexity index is 843. The summed E-state index contributed by atoms with van der Waals surface area (Å²) in [4.78, 5) is 11.8. The highest BCUT2D eigenvalue weighted by Gasteiger charge is 2.27. The van der Waals surface area contributed by atoms with Crippen LogP contribution in [0.2, 0.25) is 0 Å². The van der Waals surface area contributed by atoms with Crippen molar-refractivity contribution < 1.29 is 26.4 Å². The number of aryl methyl sites for hydroxylation is 1. The van der Waals surface area contributed by atoms with Crippen LogP contribution in [0.5, 0.6) is 0 Å². The summed E-state index contributed by atoms with van der Waals surface area (Å²) in [6, 6.07) is 6.08. The van der Waals surface area contributed by atoms with Crippen molar-refractivity contribution in [2.45, 2.75) is 36.0 Å². The van der Waals surface area contributed by atoms with Crippen molar-refractivity contribution in [2.24, 2.45) is 0 Å². The molecule has 0 saturated heterocycles. The lowest BCUT2D eigenvalue weighted by Crippen LogP contribution is -2.30. The molecule has 24 heavy (non-hydrogen) atoms. The van der Waals surface area contributed by atoms with E-state index in [-0.39, 0.29) is 11.6 Å². The molecule has 0 bridgehead atoms. The largest absolute Gasteiger partial charge is 0.467 e. The van der Waals surface area contributed by atoms with Crippen molar-refractivity contribution in [1.29, 1.82) is 0 Å². The van der Waals surface area contributed by atoms with Gasteiger partial charge in [-0.3, -0.25) is 4.79 Å². The lowest BCUT2D eigenvalue weighted by molar-refractivity contribution is 0.0926. The van der Waals surface area contributed by atoms with Crippen molar-refractivity contribution in [3.05, 3.63) is 53.5 Å². The lowest BCUT2D eigenvalue weighted by atomic mass is 9.94. The van der Waals surface area contributed by atoms with Gasteiger partial charge in [0.25, 0.3) is 5.91 Å². The Balaban J connectivity index is 1.75. The lowest BCUT2D eigenvalue weighted by Gasteiger charge is -2.22. The van der Waals surface area contributed by atoms with Gasteiger partial charge >= 0.3 is 5.76 Å². The molecule has 0 aliphatic heterocycles. The molecule has 1 aliphatic carbocycles. The number of fused-ring (bicyclic) bond motifs is 1. The van der Waals surface area contributed by atoms with Gasteiger partial charge in [-0.2, -0.15) is 8.78 Å². The molecule has 0 saturated carbocycles. The minimum atomic E-state index is -4.66. The molecule has 5 nitrogen and oxygen atoms in total. The molecule has 3 rings (SSSR count). The first-order valence-corrected chi connectivity index (χ1v) is 8.93. The topological polar surface area (TPSA) is 76.4 Å². The Morgan fingerprint density at radius 1 is 1.21 bits per heavy atom. The molecule has 0 radical (unpaired) electrons. The fraction of sp³-hybridized carbons (Fsp3) is 0.312. The number of amides is 1. The number of hydrogen-bond donors (Lipinski definition) is 1. The maximum atomic E-state index is 12.5. The molecular weight excluding hydrogens is 340 g/mol. The standard InChI is InChI=1S/C16H15F2NO4S/c17-16(18)24(21,22)12-6-4-11(5-7-12)15(20)19-13-3-1-2-10-8-9-23-14(10)13/h4-9,13,16H,1-3H2,(H,19,20). The maximum Gasteiger partial charge on any atom is 0.341 e. The van der Waals surface area contributed by atoms with Crippen molar-refractivity contribution >= 4 is 15.7 Å². The van der Waals surface area contributed by atoms with Crippen molar-refractivity contribution in [3.8, 4) is 0 Å².